The molecule has 0 aromatic heterocycles. The average molecular weight is 359 g/mol. The Kier molecular flexibility index (Phi) is 9.75. The van der Waals surface area contributed by atoms with Gasteiger partial charge < -0.3 is 14.4 Å². The summed E-state index contributed by atoms with van der Waals surface area (Å²) in [4.78, 5) is 3.90. The van der Waals surface area contributed by atoms with E-state index in [-0.39, 0.29) is 18.1 Å². The molecule has 0 radical (unpaired) electrons. The van der Waals surface area contributed by atoms with Gasteiger partial charge in [-0.05, 0) is 31.8 Å². The standard InChI is InChI=1S/C13H30N2O5S2/c1-13(2)5-6-15(10-12-22(18,19)20)8-7-14(3)9-11-21(4,16)17/h13H,4-12H2,1-3H3,(H,16,17)(H,18,19,20). The van der Waals surface area contributed by atoms with Crippen molar-refractivity contribution in [2.75, 3.05) is 51.3 Å². The monoisotopic (exact) mass is 358 g/mol. The van der Waals surface area contributed by atoms with Gasteiger partial charge in [-0.15, -0.1) is 0 Å². The van der Waals surface area contributed by atoms with Gasteiger partial charge in [0.25, 0.3) is 10.1 Å². The van der Waals surface area contributed by atoms with E-state index in [4.69, 9.17) is 9.11 Å². The molecular formula is C13H30N2O5S2. The van der Waals surface area contributed by atoms with E-state index in [0.29, 0.717) is 25.6 Å². The molecule has 0 saturated carbocycles. The number of hydrogen-bond donors (Lipinski definition) is 2. The van der Waals surface area contributed by atoms with Crippen molar-refractivity contribution in [3.8, 4) is 0 Å². The number of likely N-dealkylation sites (N-methyl/N-ethyl adjacent to an activating group) is 1. The zero-order valence-electron chi connectivity index (χ0n) is 13.8. The Morgan fingerprint density at radius 1 is 0.955 bits per heavy atom. The van der Waals surface area contributed by atoms with E-state index in [1.807, 2.05) is 16.8 Å². The molecule has 0 rings (SSSR count). The van der Waals surface area contributed by atoms with Crippen LogP contribution in [0.4, 0.5) is 0 Å². The van der Waals surface area contributed by atoms with Crippen LogP contribution in [0.5, 0.6) is 0 Å². The Balaban J connectivity index is 4.31. The molecule has 0 saturated heterocycles. The molecule has 0 heterocycles. The van der Waals surface area contributed by atoms with E-state index < -0.39 is 19.9 Å². The number of rotatable bonds is 12. The molecule has 0 amide bonds. The molecule has 22 heavy (non-hydrogen) atoms. The van der Waals surface area contributed by atoms with Gasteiger partial charge >= 0.3 is 0 Å². The largest absolute Gasteiger partial charge is 0.314 e. The van der Waals surface area contributed by atoms with Crippen LogP contribution < -0.4 is 0 Å². The first kappa shape index (κ1) is 21.8. The zero-order valence-corrected chi connectivity index (χ0v) is 15.4. The normalized spacial score (nSPS) is 15.6. The molecular weight excluding hydrogens is 328 g/mol. The van der Waals surface area contributed by atoms with Crippen molar-refractivity contribution in [3.63, 3.8) is 0 Å². The molecule has 0 aromatic rings. The molecule has 0 aliphatic rings. The van der Waals surface area contributed by atoms with Crippen LogP contribution in [-0.4, -0.2) is 88.7 Å². The Labute approximate surface area is 135 Å². The minimum atomic E-state index is -3.96. The van der Waals surface area contributed by atoms with E-state index in [1.165, 1.54) is 0 Å². The van der Waals surface area contributed by atoms with E-state index in [9.17, 15) is 12.6 Å². The van der Waals surface area contributed by atoms with Crippen molar-refractivity contribution in [3.05, 3.63) is 0 Å². The maximum Gasteiger partial charge on any atom is 0.266 e. The van der Waals surface area contributed by atoms with Crippen molar-refractivity contribution in [1.82, 2.24) is 9.80 Å². The number of hydrogen-bond acceptors (Lipinski definition) is 5. The fraction of sp³-hybridized carbons (Fsp3) is 0.923. The van der Waals surface area contributed by atoms with Crippen LogP contribution in [0.1, 0.15) is 20.3 Å². The van der Waals surface area contributed by atoms with Crippen molar-refractivity contribution in [2.45, 2.75) is 20.3 Å². The van der Waals surface area contributed by atoms with Gasteiger partial charge in [-0.1, -0.05) is 13.8 Å². The maximum atomic E-state index is 11.1. The van der Waals surface area contributed by atoms with Gasteiger partial charge in [-0.25, -0.2) is 4.21 Å². The Bertz CT molecular complexity index is 503. The lowest BCUT2D eigenvalue weighted by Crippen LogP contribution is -2.38. The second-order valence-electron chi connectivity index (χ2n) is 6.09. The summed E-state index contributed by atoms with van der Waals surface area (Å²) in [5.41, 5.74) is 0. The molecule has 9 heteroatoms. The lowest BCUT2D eigenvalue weighted by molar-refractivity contribution is 0.228. The third-order valence-corrected chi connectivity index (χ3v) is 4.80. The third-order valence-electron chi connectivity index (χ3n) is 3.28. The Morgan fingerprint density at radius 3 is 2.00 bits per heavy atom. The minimum Gasteiger partial charge on any atom is -0.314 e. The van der Waals surface area contributed by atoms with Crippen molar-refractivity contribution in [2.24, 2.45) is 5.92 Å². The highest BCUT2D eigenvalue weighted by Gasteiger charge is 2.12. The highest BCUT2D eigenvalue weighted by molar-refractivity contribution is 7.95. The molecule has 0 bridgehead atoms. The summed E-state index contributed by atoms with van der Waals surface area (Å²) in [5.74, 6) is 3.54. The van der Waals surface area contributed by atoms with Gasteiger partial charge in [-0.3, -0.25) is 4.55 Å². The molecule has 1 atom stereocenters. The van der Waals surface area contributed by atoms with Crippen LogP contribution in [0.2, 0.25) is 0 Å². The summed E-state index contributed by atoms with van der Waals surface area (Å²) in [5, 5.41) is 0. The van der Waals surface area contributed by atoms with Crippen LogP contribution >= 0.6 is 0 Å². The first-order valence-corrected chi connectivity index (χ1v) is 10.8. The molecule has 0 aliphatic heterocycles. The highest BCUT2D eigenvalue weighted by atomic mass is 32.2. The highest BCUT2D eigenvalue weighted by Crippen LogP contribution is 2.03. The van der Waals surface area contributed by atoms with E-state index in [1.54, 1.807) is 0 Å². The zero-order chi connectivity index (χ0) is 17.4. The van der Waals surface area contributed by atoms with Gasteiger partial charge in [0.1, 0.15) is 0 Å². The summed E-state index contributed by atoms with van der Waals surface area (Å²) in [7, 11) is -5.10. The van der Waals surface area contributed by atoms with Gasteiger partial charge in [0.2, 0.25) is 0 Å². The van der Waals surface area contributed by atoms with Gasteiger partial charge in [0.05, 0.1) is 21.3 Å². The van der Waals surface area contributed by atoms with Crippen LogP contribution in [0.15, 0.2) is 0 Å². The SMILES string of the molecule is C=S(=O)(O)CCN(C)CCN(CCC(C)C)CCS(=O)(=O)O. The molecule has 0 spiro atoms. The second-order valence-corrected chi connectivity index (χ2v) is 9.62. The van der Waals surface area contributed by atoms with E-state index in [0.717, 1.165) is 13.0 Å². The van der Waals surface area contributed by atoms with E-state index >= 15 is 0 Å². The van der Waals surface area contributed by atoms with Gasteiger partial charge in [0.15, 0.2) is 0 Å². The summed E-state index contributed by atoms with van der Waals surface area (Å²) in [6, 6.07) is 0. The molecule has 1 unspecified atom stereocenters. The molecule has 0 aromatic carbocycles. The fourth-order valence-electron chi connectivity index (χ4n) is 1.74. The van der Waals surface area contributed by atoms with Crippen molar-refractivity contribution in [1.29, 1.82) is 0 Å². The lowest BCUT2D eigenvalue weighted by Gasteiger charge is -2.25. The van der Waals surface area contributed by atoms with Crippen LogP contribution in [0.3, 0.4) is 0 Å². The molecule has 0 fully saturated rings. The quantitative estimate of drug-likeness (QED) is 0.383. The first-order valence-electron chi connectivity index (χ1n) is 7.32. The smallest absolute Gasteiger partial charge is 0.266 e. The molecule has 7 nitrogen and oxygen atoms in total. The van der Waals surface area contributed by atoms with Crippen LogP contribution in [-0.2, 0) is 19.9 Å². The first-order chi connectivity index (χ1) is 9.89. The number of nitrogens with zero attached hydrogens (tertiary/aromatic N) is 2. The summed E-state index contributed by atoms with van der Waals surface area (Å²) in [6.07, 6.45) is 0.943. The summed E-state index contributed by atoms with van der Waals surface area (Å²) >= 11 is 0. The predicted octanol–water partition coefficient (Wildman–Crippen LogP) is 0.344. The summed E-state index contributed by atoms with van der Waals surface area (Å²) < 4.78 is 50.9. The Hall–Kier alpha value is -0.190. The lowest BCUT2D eigenvalue weighted by atomic mass is 10.1. The van der Waals surface area contributed by atoms with Crippen molar-refractivity contribution >= 4 is 25.8 Å². The maximum absolute atomic E-state index is 11.1. The average Bonchev–Trinajstić information content (AvgIpc) is 2.33. The molecule has 2 N–H and O–H groups in total. The third kappa shape index (κ3) is 14.7. The summed E-state index contributed by atoms with van der Waals surface area (Å²) in [6.45, 7) is 6.98. The molecule has 0 aliphatic carbocycles. The van der Waals surface area contributed by atoms with E-state index in [2.05, 4.69) is 19.7 Å². The van der Waals surface area contributed by atoms with Crippen molar-refractivity contribution < 1.29 is 21.7 Å². The predicted molar refractivity (Wildman–Crippen MR) is 92.6 cm³/mol. The Morgan fingerprint density at radius 2 is 1.55 bits per heavy atom. The minimum absolute atomic E-state index is 0.112. The van der Waals surface area contributed by atoms with Gasteiger partial charge in [0, 0.05) is 26.2 Å². The molecule has 134 valence electrons. The second kappa shape index (κ2) is 9.84. The van der Waals surface area contributed by atoms with Gasteiger partial charge in [-0.2, -0.15) is 8.42 Å². The fourth-order valence-corrected chi connectivity index (χ4v) is 2.83. The van der Waals surface area contributed by atoms with Crippen LogP contribution in [0.25, 0.3) is 0 Å². The van der Waals surface area contributed by atoms with Crippen LogP contribution in [0, 0.1) is 5.92 Å². The topological polar surface area (TPSA) is 98.2 Å².